The third-order valence-corrected chi connectivity index (χ3v) is 2.34. The molecular weight excluding hydrogens is 156 g/mol. The summed E-state index contributed by atoms with van der Waals surface area (Å²) >= 11 is 4.09. The lowest BCUT2D eigenvalue weighted by Crippen LogP contribution is -2.00. The maximum atomic E-state index is 5.39. The molecule has 0 aliphatic heterocycles. The van der Waals surface area contributed by atoms with Crippen LogP contribution in [0.15, 0.2) is 12.2 Å². The van der Waals surface area contributed by atoms with Crippen LogP contribution in [0.25, 0.3) is 0 Å². The van der Waals surface area contributed by atoms with E-state index in [0.29, 0.717) is 6.61 Å². The van der Waals surface area contributed by atoms with Crippen LogP contribution in [-0.2, 0) is 4.74 Å². The van der Waals surface area contributed by atoms with Crippen LogP contribution in [0, 0.1) is 5.92 Å². The fourth-order valence-electron chi connectivity index (χ4n) is 0.919. The Morgan fingerprint density at radius 3 is 2.82 bits per heavy atom. The van der Waals surface area contributed by atoms with Crippen LogP contribution >= 0.6 is 12.6 Å². The minimum absolute atomic E-state index is 0.691. The third-order valence-electron chi connectivity index (χ3n) is 1.90. The van der Waals surface area contributed by atoms with Gasteiger partial charge in [0.25, 0.3) is 0 Å². The molecule has 0 saturated heterocycles. The maximum absolute atomic E-state index is 5.39. The van der Waals surface area contributed by atoms with Crippen LogP contribution in [0.3, 0.4) is 0 Å². The van der Waals surface area contributed by atoms with Gasteiger partial charge in [0.15, 0.2) is 0 Å². The lowest BCUT2D eigenvalue weighted by molar-refractivity contribution is 0.150. The van der Waals surface area contributed by atoms with Crippen LogP contribution in [0.5, 0.6) is 0 Å². The first kappa shape index (κ1) is 9.14. The normalized spacial score (nSPS) is 16.8. The Morgan fingerprint density at radius 2 is 2.27 bits per heavy atom. The molecule has 0 radical (unpaired) electrons. The van der Waals surface area contributed by atoms with Gasteiger partial charge in [0.05, 0.1) is 6.61 Å². The zero-order valence-electron chi connectivity index (χ0n) is 6.88. The summed E-state index contributed by atoms with van der Waals surface area (Å²) in [5.74, 6) is 1.71. The molecule has 0 heterocycles. The Hall–Kier alpha value is 0.0500. The Bertz CT molecular complexity index is 130. The molecule has 1 nitrogen and oxygen atoms in total. The molecule has 0 atom stereocenters. The molecule has 0 N–H and O–H groups in total. The van der Waals surface area contributed by atoms with Crippen LogP contribution in [-0.4, -0.2) is 19.0 Å². The van der Waals surface area contributed by atoms with E-state index >= 15 is 0 Å². The SMILES string of the molecule is C=C(CS)COCCC1CC1. The van der Waals surface area contributed by atoms with Gasteiger partial charge in [-0.3, -0.25) is 0 Å². The molecule has 1 aliphatic carbocycles. The number of hydrogen-bond acceptors (Lipinski definition) is 2. The van der Waals surface area contributed by atoms with Crippen LogP contribution in [0.2, 0.25) is 0 Å². The van der Waals surface area contributed by atoms with Crippen molar-refractivity contribution in [3.8, 4) is 0 Å². The van der Waals surface area contributed by atoms with E-state index in [2.05, 4.69) is 19.2 Å². The van der Waals surface area contributed by atoms with Crippen molar-refractivity contribution >= 4 is 12.6 Å². The lowest BCUT2D eigenvalue weighted by atomic mass is 10.3. The summed E-state index contributed by atoms with van der Waals surface area (Å²) in [6.45, 7) is 5.40. The average Bonchev–Trinajstić information content (AvgIpc) is 2.81. The summed E-state index contributed by atoms with van der Waals surface area (Å²) in [7, 11) is 0. The zero-order chi connectivity index (χ0) is 8.10. The lowest BCUT2D eigenvalue weighted by Gasteiger charge is -2.03. The predicted molar refractivity (Wildman–Crippen MR) is 51.2 cm³/mol. The predicted octanol–water partition coefficient (Wildman–Crippen LogP) is 2.29. The highest BCUT2D eigenvalue weighted by molar-refractivity contribution is 7.80. The van der Waals surface area contributed by atoms with Crippen molar-refractivity contribution < 1.29 is 4.74 Å². The molecule has 1 rings (SSSR count). The number of thiol groups is 1. The first-order valence-corrected chi connectivity index (χ1v) is 4.81. The van der Waals surface area contributed by atoms with Gasteiger partial charge >= 0.3 is 0 Å². The summed E-state index contributed by atoms with van der Waals surface area (Å²) in [4.78, 5) is 0. The molecule has 0 unspecified atom stereocenters. The van der Waals surface area contributed by atoms with E-state index in [-0.39, 0.29) is 0 Å². The van der Waals surface area contributed by atoms with Gasteiger partial charge in [-0.05, 0) is 17.9 Å². The van der Waals surface area contributed by atoms with E-state index in [4.69, 9.17) is 4.74 Å². The number of hydrogen-bond donors (Lipinski definition) is 1. The van der Waals surface area contributed by atoms with Gasteiger partial charge in [0, 0.05) is 12.4 Å². The molecule has 0 bridgehead atoms. The molecule has 1 aliphatic rings. The van der Waals surface area contributed by atoms with Gasteiger partial charge in [0.1, 0.15) is 0 Å². The smallest absolute Gasteiger partial charge is 0.0682 e. The van der Waals surface area contributed by atoms with Gasteiger partial charge in [-0.15, -0.1) is 0 Å². The summed E-state index contributed by atoms with van der Waals surface area (Å²) in [6.07, 6.45) is 4.06. The first-order valence-electron chi connectivity index (χ1n) is 4.18. The molecule has 0 amide bonds. The molecule has 11 heavy (non-hydrogen) atoms. The molecule has 0 aromatic rings. The second-order valence-electron chi connectivity index (χ2n) is 3.19. The summed E-state index contributed by atoms with van der Waals surface area (Å²) < 4.78 is 5.39. The highest BCUT2D eigenvalue weighted by atomic mass is 32.1. The monoisotopic (exact) mass is 172 g/mol. The van der Waals surface area contributed by atoms with E-state index in [1.165, 1.54) is 19.3 Å². The van der Waals surface area contributed by atoms with Gasteiger partial charge in [-0.2, -0.15) is 12.6 Å². The number of rotatable bonds is 6. The molecule has 1 fully saturated rings. The van der Waals surface area contributed by atoms with E-state index in [1.54, 1.807) is 0 Å². The van der Waals surface area contributed by atoms with Gasteiger partial charge in [-0.25, -0.2) is 0 Å². The van der Waals surface area contributed by atoms with Gasteiger partial charge in [-0.1, -0.05) is 19.4 Å². The van der Waals surface area contributed by atoms with E-state index in [9.17, 15) is 0 Å². The van der Waals surface area contributed by atoms with E-state index < -0.39 is 0 Å². The summed E-state index contributed by atoms with van der Waals surface area (Å²) in [6, 6.07) is 0. The van der Waals surface area contributed by atoms with E-state index in [1.807, 2.05) is 0 Å². The van der Waals surface area contributed by atoms with Crippen molar-refractivity contribution in [3.63, 3.8) is 0 Å². The van der Waals surface area contributed by atoms with Crippen molar-refractivity contribution in [2.75, 3.05) is 19.0 Å². The molecule has 1 saturated carbocycles. The second kappa shape index (κ2) is 4.83. The molecule has 64 valence electrons. The Balaban J connectivity index is 1.82. The highest BCUT2D eigenvalue weighted by Crippen LogP contribution is 2.32. The van der Waals surface area contributed by atoms with Gasteiger partial charge in [0.2, 0.25) is 0 Å². The molecule has 2 heteroatoms. The topological polar surface area (TPSA) is 9.23 Å². The fraction of sp³-hybridized carbons (Fsp3) is 0.778. The van der Waals surface area contributed by atoms with Crippen molar-refractivity contribution in [3.05, 3.63) is 12.2 Å². The molecule has 0 aromatic carbocycles. The summed E-state index contributed by atoms with van der Waals surface area (Å²) in [5.41, 5.74) is 1.07. The first-order chi connectivity index (χ1) is 5.33. The Labute approximate surface area is 74.2 Å². The van der Waals surface area contributed by atoms with Crippen molar-refractivity contribution in [2.24, 2.45) is 5.92 Å². The third kappa shape index (κ3) is 4.49. The van der Waals surface area contributed by atoms with Crippen molar-refractivity contribution in [2.45, 2.75) is 19.3 Å². The molecule has 0 spiro atoms. The Kier molecular flexibility index (Phi) is 4.02. The minimum Gasteiger partial charge on any atom is -0.377 e. The van der Waals surface area contributed by atoms with Crippen LogP contribution < -0.4 is 0 Å². The maximum Gasteiger partial charge on any atom is 0.0682 e. The van der Waals surface area contributed by atoms with Crippen molar-refractivity contribution in [1.29, 1.82) is 0 Å². The minimum atomic E-state index is 0.691. The standard InChI is InChI=1S/C9H16OS/c1-8(7-11)6-10-5-4-9-2-3-9/h9,11H,1-7H2. The highest BCUT2D eigenvalue weighted by Gasteiger charge is 2.20. The summed E-state index contributed by atoms with van der Waals surface area (Å²) in [5, 5.41) is 0. The number of ether oxygens (including phenoxy) is 1. The largest absolute Gasteiger partial charge is 0.377 e. The van der Waals surface area contributed by atoms with Crippen molar-refractivity contribution in [1.82, 2.24) is 0 Å². The van der Waals surface area contributed by atoms with Crippen LogP contribution in [0.4, 0.5) is 0 Å². The zero-order valence-corrected chi connectivity index (χ0v) is 7.78. The van der Waals surface area contributed by atoms with E-state index in [0.717, 1.165) is 23.9 Å². The Morgan fingerprint density at radius 1 is 1.55 bits per heavy atom. The quantitative estimate of drug-likeness (QED) is 0.367. The average molecular weight is 172 g/mol. The van der Waals surface area contributed by atoms with Gasteiger partial charge < -0.3 is 4.74 Å². The van der Waals surface area contributed by atoms with Crippen LogP contribution in [0.1, 0.15) is 19.3 Å². The second-order valence-corrected chi connectivity index (χ2v) is 3.51. The fourth-order valence-corrected chi connectivity index (χ4v) is 1.01. The molecule has 0 aromatic heterocycles. The molecular formula is C9H16OS.